The number of para-hydroxylation sites is 1. The van der Waals surface area contributed by atoms with Gasteiger partial charge in [-0.15, -0.1) is 11.3 Å². The maximum Gasteiger partial charge on any atom is 0.344 e. The number of aromatic nitrogens is 1. The quantitative estimate of drug-likeness (QED) is 0.822. The van der Waals surface area contributed by atoms with E-state index in [9.17, 15) is 9.59 Å². The van der Waals surface area contributed by atoms with Gasteiger partial charge in [0.05, 0.1) is 5.69 Å². The van der Waals surface area contributed by atoms with E-state index < -0.39 is 5.97 Å². The van der Waals surface area contributed by atoms with Crippen LogP contribution in [0.3, 0.4) is 0 Å². The molecule has 23 heavy (non-hydrogen) atoms. The molecular formula is C16H18N2O4S. The molecule has 0 aliphatic carbocycles. The van der Waals surface area contributed by atoms with Crippen molar-refractivity contribution in [3.63, 3.8) is 0 Å². The third-order valence-electron chi connectivity index (χ3n) is 2.96. The average Bonchev–Trinajstić information content (AvgIpc) is 2.91. The number of carbonyl (C=O) groups is 2. The van der Waals surface area contributed by atoms with Crippen LogP contribution in [0, 0.1) is 13.8 Å². The van der Waals surface area contributed by atoms with Gasteiger partial charge in [0.2, 0.25) is 5.91 Å². The number of amides is 1. The number of benzene rings is 1. The van der Waals surface area contributed by atoms with Crippen molar-refractivity contribution in [2.45, 2.75) is 27.4 Å². The number of nitrogens with one attached hydrogen (secondary N) is 1. The van der Waals surface area contributed by atoms with Crippen LogP contribution >= 0.6 is 11.3 Å². The molecule has 0 bridgehead atoms. The topological polar surface area (TPSA) is 77.5 Å². The molecule has 0 aliphatic heterocycles. The number of hydrogen-bond donors (Lipinski definition) is 1. The summed E-state index contributed by atoms with van der Waals surface area (Å²) < 4.78 is 10.6. The number of anilines is 1. The summed E-state index contributed by atoms with van der Waals surface area (Å²) in [4.78, 5) is 26.8. The van der Waals surface area contributed by atoms with E-state index in [0.29, 0.717) is 16.6 Å². The molecule has 0 spiro atoms. The molecule has 0 fully saturated rings. The minimum absolute atomic E-state index is 0.0467. The Hall–Kier alpha value is -2.41. The van der Waals surface area contributed by atoms with Crippen molar-refractivity contribution in [2.24, 2.45) is 0 Å². The first-order valence-electron chi connectivity index (χ1n) is 7.02. The lowest BCUT2D eigenvalue weighted by atomic mass is 10.1. The smallest absolute Gasteiger partial charge is 0.344 e. The fraction of sp³-hybridized carbons (Fsp3) is 0.312. The first-order valence-corrected chi connectivity index (χ1v) is 7.90. The summed E-state index contributed by atoms with van der Waals surface area (Å²) in [5, 5.41) is 4.78. The number of thiazole rings is 1. The Labute approximate surface area is 138 Å². The lowest BCUT2D eigenvalue weighted by Crippen LogP contribution is -2.15. The average molecular weight is 334 g/mol. The molecule has 0 unspecified atom stereocenters. The van der Waals surface area contributed by atoms with Crippen molar-refractivity contribution in [1.29, 1.82) is 0 Å². The van der Waals surface area contributed by atoms with Crippen LogP contribution in [0.25, 0.3) is 0 Å². The van der Waals surface area contributed by atoms with Crippen LogP contribution in [0.4, 0.5) is 5.13 Å². The van der Waals surface area contributed by atoms with E-state index in [1.807, 2.05) is 32.0 Å². The van der Waals surface area contributed by atoms with Crippen molar-refractivity contribution >= 4 is 28.3 Å². The summed E-state index contributed by atoms with van der Waals surface area (Å²) in [7, 11) is 0. The predicted octanol–water partition coefficient (Wildman–Crippen LogP) is 2.84. The van der Waals surface area contributed by atoms with Crippen molar-refractivity contribution in [2.75, 3.05) is 11.9 Å². The molecule has 2 aromatic rings. The number of hydrogen-bond acceptors (Lipinski definition) is 6. The van der Waals surface area contributed by atoms with Gasteiger partial charge in [0.15, 0.2) is 11.7 Å². The highest BCUT2D eigenvalue weighted by Gasteiger charge is 2.10. The van der Waals surface area contributed by atoms with Gasteiger partial charge in [-0.05, 0) is 25.0 Å². The molecule has 1 heterocycles. The van der Waals surface area contributed by atoms with Gasteiger partial charge in [-0.2, -0.15) is 0 Å². The second-order valence-electron chi connectivity index (χ2n) is 5.00. The summed E-state index contributed by atoms with van der Waals surface area (Å²) >= 11 is 1.28. The normalized spacial score (nSPS) is 10.2. The molecule has 122 valence electrons. The molecule has 0 radical (unpaired) electrons. The maximum absolute atomic E-state index is 11.8. The van der Waals surface area contributed by atoms with Crippen LogP contribution in [-0.2, 0) is 20.9 Å². The number of aryl methyl sites for hydroxylation is 2. The Bertz CT molecular complexity index is 692. The fourth-order valence-corrected chi connectivity index (χ4v) is 2.68. The number of carbonyl (C=O) groups excluding carboxylic acids is 2. The van der Waals surface area contributed by atoms with Gasteiger partial charge in [0.25, 0.3) is 0 Å². The Balaban J connectivity index is 1.81. The zero-order valence-corrected chi connectivity index (χ0v) is 14.0. The van der Waals surface area contributed by atoms with Gasteiger partial charge in [-0.1, -0.05) is 18.2 Å². The van der Waals surface area contributed by atoms with Crippen LogP contribution in [0.2, 0.25) is 0 Å². The third-order valence-corrected chi connectivity index (χ3v) is 3.77. The first kappa shape index (κ1) is 17.0. The lowest BCUT2D eigenvalue weighted by molar-refractivity contribution is -0.147. The van der Waals surface area contributed by atoms with Crippen LogP contribution < -0.4 is 10.1 Å². The highest BCUT2D eigenvalue weighted by Crippen LogP contribution is 2.22. The summed E-state index contributed by atoms with van der Waals surface area (Å²) in [5.74, 6) is 0.0395. The van der Waals surface area contributed by atoms with Gasteiger partial charge < -0.3 is 14.8 Å². The molecule has 1 N–H and O–H groups in total. The largest absolute Gasteiger partial charge is 0.481 e. The van der Waals surface area contributed by atoms with Gasteiger partial charge in [-0.25, -0.2) is 9.78 Å². The molecule has 0 saturated heterocycles. The van der Waals surface area contributed by atoms with E-state index in [0.717, 1.165) is 11.1 Å². The van der Waals surface area contributed by atoms with Crippen molar-refractivity contribution in [1.82, 2.24) is 4.98 Å². The van der Waals surface area contributed by atoms with Gasteiger partial charge >= 0.3 is 5.97 Å². The van der Waals surface area contributed by atoms with Gasteiger partial charge in [0, 0.05) is 12.3 Å². The predicted molar refractivity (Wildman–Crippen MR) is 87.6 cm³/mol. The Morgan fingerprint density at radius 1 is 1.26 bits per heavy atom. The van der Waals surface area contributed by atoms with Crippen molar-refractivity contribution in [3.8, 4) is 5.75 Å². The van der Waals surface area contributed by atoms with E-state index in [1.54, 1.807) is 5.38 Å². The van der Waals surface area contributed by atoms with Crippen LogP contribution in [-0.4, -0.2) is 23.5 Å². The zero-order valence-electron chi connectivity index (χ0n) is 13.2. The lowest BCUT2D eigenvalue weighted by Gasteiger charge is -2.11. The number of nitrogens with zero attached hydrogens (tertiary/aromatic N) is 1. The molecule has 1 amide bonds. The molecule has 2 rings (SSSR count). The summed E-state index contributed by atoms with van der Waals surface area (Å²) in [6, 6.07) is 5.78. The highest BCUT2D eigenvalue weighted by atomic mass is 32.1. The van der Waals surface area contributed by atoms with E-state index in [-0.39, 0.29) is 19.1 Å². The number of rotatable bonds is 6. The standard InChI is InChI=1S/C16H18N2O4S/c1-10-5-4-6-11(2)15(10)22-8-14(20)21-7-13-9-23-16(18-13)17-12(3)19/h4-6,9H,7-8H2,1-3H3,(H,17,18,19). The van der Waals surface area contributed by atoms with Crippen LogP contribution in [0.15, 0.2) is 23.6 Å². The molecule has 7 heteroatoms. The van der Waals surface area contributed by atoms with Crippen LogP contribution in [0.1, 0.15) is 23.7 Å². The highest BCUT2D eigenvalue weighted by molar-refractivity contribution is 7.13. The SMILES string of the molecule is CC(=O)Nc1nc(COC(=O)COc2c(C)cccc2C)cs1. The minimum Gasteiger partial charge on any atom is -0.481 e. The maximum atomic E-state index is 11.8. The number of ether oxygens (including phenoxy) is 2. The minimum atomic E-state index is -0.471. The molecule has 1 aromatic carbocycles. The second kappa shape index (κ2) is 7.73. The Morgan fingerprint density at radius 3 is 2.61 bits per heavy atom. The van der Waals surface area contributed by atoms with Crippen molar-refractivity contribution in [3.05, 3.63) is 40.4 Å². The molecule has 0 aliphatic rings. The molecular weight excluding hydrogens is 316 g/mol. The Kier molecular flexibility index (Phi) is 5.70. The van der Waals surface area contributed by atoms with E-state index in [4.69, 9.17) is 9.47 Å². The monoisotopic (exact) mass is 334 g/mol. The van der Waals surface area contributed by atoms with Crippen LogP contribution in [0.5, 0.6) is 5.75 Å². The van der Waals surface area contributed by atoms with E-state index in [1.165, 1.54) is 18.3 Å². The van der Waals surface area contributed by atoms with E-state index >= 15 is 0 Å². The molecule has 1 aromatic heterocycles. The fourth-order valence-electron chi connectivity index (χ4n) is 1.94. The van der Waals surface area contributed by atoms with Gasteiger partial charge in [-0.3, -0.25) is 4.79 Å². The molecule has 0 atom stereocenters. The van der Waals surface area contributed by atoms with Crippen molar-refractivity contribution < 1.29 is 19.1 Å². The third kappa shape index (κ3) is 5.07. The van der Waals surface area contributed by atoms with E-state index in [2.05, 4.69) is 10.3 Å². The number of esters is 1. The van der Waals surface area contributed by atoms with Gasteiger partial charge in [0.1, 0.15) is 12.4 Å². The zero-order chi connectivity index (χ0) is 16.8. The first-order chi connectivity index (χ1) is 11.0. The summed E-state index contributed by atoms with van der Waals surface area (Å²) in [5.41, 5.74) is 2.52. The Morgan fingerprint density at radius 2 is 1.96 bits per heavy atom. The molecule has 6 nitrogen and oxygen atoms in total. The molecule has 0 saturated carbocycles. The summed E-state index contributed by atoms with van der Waals surface area (Å²) in [6.07, 6.45) is 0. The summed E-state index contributed by atoms with van der Waals surface area (Å²) in [6.45, 7) is 5.14. The second-order valence-corrected chi connectivity index (χ2v) is 5.85.